The number of hydrogen-bond donors (Lipinski definition) is 0. The Kier molecular flexibility index (Phi) is 7.21. The molecule has 0 saturated carbocycles. The number of para-hydroxylation sites is 2. The summed E-state index contributed by atoms with van der Waals surface area (Å²) in [4.78, 5) is 5.26. The maximum absolute atomic E-state index is 5.26. The molecule has 0 N–H and O–H groups in total. The van der Waals surface area contributed by atoms with Crippen LogP contribution >= 0.6 is 0 Å². The van der Waals surface area contributed by atoms with E-state index in [-0.39, 0.29) is 0 Å². The second kappa shape index (κ2) is 12.7. The Morgan fingerprint density at radius 2 is 0.873 bits per heavy atom. The second-order valence-electron chi connectivity index (χ2n) is 14.3. The van der Waals surface area contributed by atoms with Crippen molar-refractivity contribution in [3.05, 3.63) is 206 Å². The molecule has 2 heteroatoms. The first kappa shape index (κ1) is 31.3. The van der Waals surface area contributed by atoms with Crippen LogP contribution in [0.4, 0.5) is 0 Å². The topological polar surface area (TPSA) is 17.8 Å². The average molecular weight is 699 g/mol. The standard InChI is InChI=1S/C53H34N2/c1-3-14-35(15-4-1)36-26-28-38(29-27-36)50-42-20-9-11-22-44(42)51(45-23-12-10-21-43(45)50)39-30-32-48(54-34-39)46-24-13-25-47-52-41-19-8-7-16-37(41)31-33-49(52)55(53(46)47)40-17-5-2-6-18-40/h1-34H. The summed E-state index contributed by atoms with van der Waals surface area (Å²) >= 11 is 0. The summed E-state index contributed by atoms with van der Waals surface area (Å²) in [5, 5.41) is 9.90. The molecule has 0 spiro atoms. The van der Waals surface area contributed by atoms with E-state index in [1.54, 1.807) is 0 Å². The van der Waals surface area contributed by atoms with Crippen LogP contribution in [0.15, 0.2) is 206 Å². The quantitative estimate of drug-likeness (QED) is 0.164. The highest BCUT2D eigenvalue weighted by Gasteiger charge is 2.20. The Morgan fingerprint density at radius 1 is 0.345 bits per heavy atom. The van der Waals surface area contributed by atoms with Gasteiger partial charge in [-0.15, -0.1) is 0 Å². The lowest BCUT2D eigenvalue weighted by Gasteiger charge is -2.18. The van der Waals surface area contributed by atoms with Gasteiger partial charge in [0.15, 0.2) is 0 Å². The summed E-state index contributed by atoms with van der Waals surface area (Å²) in [6.07, 6.45) is 2.07. The first-order valence-electron chi connectivity index (χ1n) is 18.9. The van der Waals surface area contributed by atoms with Gasteiger partial charge in [0.25, 0.3) is 0 Å². The van der Waals surface area contributed by atoms with E-state index < -0.39 is 0 Å². The predicted octanol–water partition coefficient (Wildman–Crippen LogP) is 14.3. The first-order valence-corrected chi connectivity index (χ1v) is 18.9. The van der Waals surface area contributed by atoms with Crippen LogP contribution in [0.2, 0.25) is 0 Å². The minimum atomic E-state index is 0.947. The zero-order chi connectivity index (χ0) is 36.3. The molecule has 256 valence electrons. The molecule has 9 aromatic carbocycles. The minimum Gasteiger partial charge on any atom is -0.309 e. The molecule has 0 fully saturated rings. The highest BCUT2D eigenvalue weighted by atomic mass is 15.0. The van der Waals surface area contributed by atoms with Crippen LogP contribution in [0.1, 0.15) is 0 Å². The van der Waals surface area contributed by atoms with Gasteiger partial charge in [0.2, 0.25) is 0 Å². The highest BCUT2D eigenvalue weighted by molar-refractivity contribution is 6.24. The van der Waals surface area contributed by atoms with Gasteiger partial charge in [-0.3, -0.25) is 4.98 Å². The van der Waals surface area contributed by atoms with E-state index in [9.17, 15) is 0 Å². The van der Waals surface area contributed by atoms with Crippen molar-refractivity contribution in [1.29, 1.82) is 0 Å². The van der Waals surface area contributed by atoms with Gasteiger partial charge in [-0.05, 0) is 84.4 Å². The van der Waals surface area contributed by atoms with Crippen LogP contribution in [-0.4, -0.2) is 9.55 Å². The number of benzene rings is 9. The summed E-state index contributed by atoms with van der Waals surface area (Å²) in [5.41, 5.74) is 12.8. The Hall–Kier alpha value is -7.29. The van der Waals surface area contributed by atoms with E-state index in [1.165, 1.54) is 81.9 Å². The maximum atomic E-state index is 5.26. The molecule has 0 bridgehead atoms. The number of fused-ring (bicyclic) bond motifs is 7. The van der Waals surface area contributed by atoms with Gasteiger partial charge in [0, 0.05) is 33.8 Å². The van der Waals surface area contributed by atoms with Crippen LogP contribution in [-0.2, 0) is 0 Å². The molecular weight excluding hydrogens is 665 g/mol. The van der Waals surface area contributed by atoms with Crippen molar-refractivity contribution in [3.63, 3.8) is 0 Å². The molecule has 0 saturated heterocycles. The molecule has 2 aromatic heterocycles. The van der Waals surface area contributed by atoms with Crippen molar-refractivity contribution < 1.29 is 0 Å². The van der Waals surface area contributed by atoms with Crippen LogP contribution in [0.25, 0.3) is 104 Å². The van der Waals surface area contributed by atoms with Gasteiger partial charge in [0.1, 0.15) is 0 Å². The molecule has 0 aliphatic carbocycles. The maximum Gasteiger partial charge on any atom is 0.0723 e. The summed E-state index contributed by atoms with van der Waals surface area (Å²) in [7, 11) is 0. The van der Waals surface area contributed by atoms with Crippen molar-refractivity contribution in [2.45, 2.75) is 0 Å². The molecule has 0 aliphatic rings. The van der Waals surface area contributed by atoms with Gasteiger partial charge in [-0.1, -0.05) is 176 Å². The van der Waals surface area contributed by atoms with Crippen LogP contribution < -0.4 is 0 Å². The number of pyridine rings is 1. The van der Waals surface area contributed by atoms with E-state index in [0.29, 0.717) is 0 Å². The Bertz CT molecular complexity index is 3160. The van der Waals surface area contributed by atoms with Gasteiger partial charge in [-0.2, -0.15) is 0 Å². The largest absolute Gasteiger partial charge is 0.309 e. The monoisotopic (exact) mass is 698 g/mol. The first-order chi connectivity index (χ1) is 27.3. The molecule has 0 unspecified atom stereocenters. The van der Waals surface area contributed by atoms with Gasteiger partial charge < -0.3 is 4.57 Å². The summed E-state index contributed by atoms with van der Waals surface area (Å²) < 4.78 is 2.41. The van der Waals surface area contributed by atoms with Gasteiger partial charge >= 0.3 is 0 Å². The van der Waals surface area contributed by atoms with Crippen LogP contribution in [0.5, 0.6) is 0 Å². The molecule has 11 rings (SSSR count). The van der Waals surface area contributed by atoms with Crippen molar-refractivity contribution in [2.75, 3.05) is 0 Å². The predicted molar refractivity (Wildman–Crippen MR) is 233 cm³/mol. The third-order valence-electron chi connectivity index (χ3n) is 11.2. The minimum absolute atomic E-state index is 0.947. The summed E-state index contributed by atoms with van der Waals surface area (Å²) in [6.45, 7) is 0. The molecule has 55 heavy (non-hydrogen) atoms. The molecule has 0 aliphatic heterocycles. The van der Waals surface area contributed by atoms with Crippen LogP contribution in [0, 0.1) is 0 Å². The third kappa shape index (κ3) is 5.00. The molecule has 0 atom stereocenters. The van der Waals surface area contributed by atoms with Crippen molar-refractivity contribution >= 4 is 54.1 Å². The number of aromatic nitrogens is 2. The number of rotatable bonds is 5. The SMILES string of the molecule is c1ccc(-c2ccc(-c3c4ccccc4c(-c4ccc(-c5cccc6c7c8ccccc8ccc7n(-c7ccccc7)c56)nc4)c4ccccc34)cc2)cc1. The fraction of sp³-hybridized carbons (Fsp3) is 0. The molecule has 2 nitrogen and oxygen atoms in total. The lowest BCUT2D eigenvalue weighted by atomic mass is 9.86. The van der Waals surface area contributed by atoms with Gasteiger partial charge in [0.05, 0.1) is 16.7 Å². The fourth-order valence-corrected chi connectivity index (χ4v) is 8.80. The van der Waals surface area contributed by atoms with E-state index in [0.717, 1.165) is 22.5 Å². The average Bonchev–Trinajstić information content (AvgIpc) is 3.61. The lowest BCUT2D eigenvalue weighted by Crippen LogP contribution is -1.96. The van der Waals surface area contributed by atoms with E-state index in [4.69, 9.17) is 4.98 Å². The van der Waals surface area contributed by atoms with Crippen LogP contribution in [0.3, 0.4) is 0 Å². The smallest absolute Gasteiger partial charge is 0.0723 e. The molecule has 2 heterocycles. The summed E-state index contributed by atoms with van der Waals surface area (Å²) in [5.74, 6) is 0. The number of nitrogens with zero attached hydrogens (tertiary/aromatic N) is 2. The normalized spacial score (nSPS) is 11.6. The van der Waals surface area contributed by atoms with Crippen molar-refractivity contribution in [1.82, 2.24) is 9.55 Å². The Labute approximate surface area is 319 Å². The van der Waals surface area contributed by atoms with Crippen molar-refractivity contribution in [3.8, 4) is 50.3 Å². The second-order valence-corrected chi connectivity index (χ2v) is 14.3. The van der Waals surface area contributed by atoms with E-state index in [1.807, 2.05) is 0 Å². The Balaban J connectivity index is 1.09. The fourth-order valence-electron chi connectivity index (χ4n) is 8.80. The molecule has 0 radical (unpaired) electrons. The third-order valence-corrected chi connectivity index (χ3v) is 11.2. The molecular formula is C53H34N2. The number of hydrogen-bond acceptors (Lipinski definition) is 1. The van der Waals surface area contributed by atoms with E-state index >= 15 is 0 Å². The molecule has 11 aromatic rings. The van der Waals surface area contributed by atoms with Gasteiger partial charge in [-0.25, -0.2) is 0 Å². The lowest BCUT2D eigenvalue weighted by molar-refractivity contribution is 1.18. The van der Waals surface area contributed by atoms with Crippen molar-refractivity contribution in [2.24, 2.45) is 0 Å². The highest BCUT2D eigenvalue weighted by Crippen LogP contribution is 2.45. The summed E-state index contributed by atoms with van der Waals surface area (Å²) in [6, 6.07) is 72.3. The van der Waals surface area contributed by atoms with E-state index in [2.05, 4.69) is 211 Å². The molecule has 0 amide bonds. The zero-order valence-electron chi connectivity index (χ0n) is 30.0. The zero-order valence-corrected chi connectivity index (χ0v) is 30.0. The Morgan fingerprint density at radius 3 is 1.53 bits per heavy atom.